The lowest BCUT2D eigenvalue weighted by Gasteiger charge is -2.38. The molecule has 18 heavy (non-hydrogen) atoms. The molecule has 0 bridgehead atoms. The molecule has 1 aliphatic rings. The third-order valence-corrected chi connectivity index (χ3v) is 3.21. The minimum atomic E-state index is -0.0701. The Balaban J connectivity index is 2.09. The summed E-state index contributed by atoms with van der Waals surface area (Å²) in [5, 5.41) is 0. The van der Waals surface area contributed by atoms with Gasteiger partial charge in [0.25, 0.3) is 0 Å². The summed E-state index contributed by atoms with van der Waals surface area (Å²) in [6.07, 6.45) is 0. The van der Waals surface area contributed by atoms with Crippen LogP contribution in [0.5, 0.6) is 5.75 Å². The van der Waals surface area contributed by atoms with Crippen LogP contribution in [0.25, 0.3) is 0 Å². The molecule has 1 fully saturated rings. The number of morpholine rings is 1. The first-order chi connectivity index (χ1) is 8.50. The first-order valence-electron chi connectivity index (χ1n) is 6.29. The third-order valence-electron chi connectivity index (χ3n) is 3.21. The summed E-state index contributed by atoms with van der Waals surface area (Å²) in [5.74, 6) is 0.860. The van der Waals surface area contributed by atoms with Crippen molar-refractivity contribution in [2.45, 2.75) is 26.0 Å². The van der Waals surface area contributed by atoms with Crippen molar-refractivity contribution in [1.82, 2.24) is 4.90 Å². The van der Waals surface area contributed by atoms with Gasteiger partial charge in [0.05, 0.1) is 19.3 Å². The number of hydrogen-bond acceptors (Lipinski definition) is 4. The number of anilines is 1. The topological polar surface area (TPSA) is 47.7 Å². The molecule has 0 saturated carbocycles. The van der Waals surface area contributed by atoms with Gasteiger partial charge in [0.1, 0.15) is 5.75 Å². The van der Waals surface area contributed by atoms with Crippen LogP contribution in [-0.4, -0.2) is 37.3 Å². The van der Waals surface area contributed by atoms with Crippen molar-refractivity contribution in [2.24, 2.45) is 0 Å². The van der Waals surface area contributed by atoms with Crippen LogP contribution in [0.1, 0.15) is 19.4 Å². The molecule has 100 valence electrons. The predicted octanol–water partition coefficient (Wildman–Crippen LogP) is 1.89. The molecule has 0 amide bonds. The van der Waals surface area contributed by atoms with E-state index in [1.807, 2.05) is 18.2 Å². The average molecular weight is 250 g/mol. The molecule has 1 aliphatic heterocycles. The summed E-state index contributed by atoms with van der Waals surface area (Å²) in [6, 6.07) is 5.83. The summed E-state index contributed by atoms with van der Waals surface area (Å²) in [6.45, 7) is 7.79. The quantitative estimate of drug-likeness (QED) is 0.832. The van der Waals surface area contributed by atoms with Gasteiger partial charge in [-0.3, -0.25) is 4.90 Å². The van der Waals surface area contributed by atoms with Crippen LogP contribution in [0, 0.1) is 0 Å². The smallest absolute Gasteiger partial charge is 0.125 e. The molecule has 1 aromatic rings. The highest BCUT2D eigenvalue weighted by molar-refractivity contribution is 5.48. The van der Waals surface area contributed by atoms with Crippen molar-refractivity contribution in [2.75, 3.05) is 32.5 Å². The molecular formula is C14H22N2O2. The van der Waals surface area contributed by atoms with Gasteiger partial charge in [0.2, 0.25) is 0 Å². The maximum Gasteiger partial charge on any atom is 0.125 e. The van der Waals surface area contributed by atoms with Crippen molar-refractivity contribution < 1.29 is 9.47 Å². The lowest BCUT2D eigenvalue weighted by Crippen LogP contribution is -2.47. The highest BCUT2D eigenvalue weighted by Gasteiger charge is 2.27. The molecule has 0 unspecified atom stereocenters. The third kappa shape index (κ3) is 3.15. The molecule has 0 spiro atoms. The van der Waals surface area contributed by atoms with Crippen LogP contribution in [0.3, 0.4) is 0 Å². The van der Waals surface area contributed by atoms with E-state index in [0.29, 0.717) is 0 Å². The number of nitrogens with two attached hydrogens (primary N) is 1. The fourth-order valence-corrected chi connectivity index (χ4v) is 2.38. The average Bonchev–Trinajstić information content (AvgIpc) is 2.30. The molecule has 2 rings (SSSR count). The number of methoxy groups -OCH3 is 1. The number of hydrogen-bond donors (Lipinski definition) is 1. The maximum absolute atomic E-state index is 5.77. The second-order valence-corrected chi connectivity index (χ2v) is 5.39. The molecule has 4 heteroatoms. The van der Waals surface area contributed by atoms with Gasteiger partial charge in [-0.2, -0.15) is 0 Å². The summed E-state index contributed by atoms with van der Waals surface area (Å²) >= 11 is 0. The normalized spacial score (nSPS) is 19.7. The summed E-state index contributed by atoms with van der Waals surface area (Å²) < 4.78 is 11.1. The van der Waals surface area contributed by atoms with Crippen molar-refractivity contribution >= 4 is 5.69 Å². The Hall–Kier alpha value is -1.26. The number of ether oxygens (including phenoxy) is 2. The molecule has 2 N–H and O–H groups in total. The molecule has 1 aromatic carbocycles. The van der Waals surface area contributed by atoms with E-state index in [-0.39, 0.29) is 5.60 Å². The molecular weight excluding hydrogens is 228 g/mol. The molecule has 0 aromatic heterocycles. The number of benzene rings is 1. The molecule has 0 radical (unpaired) electrons. The Labute approximate surface area is 109 Å². The zero-order valence-electron chi connectivity index (χ0n) is 11.4. The van der Waals surface area contributed by atoms with Gasteiger partial charge in [-0.15, -0.1) is 0 Å². The highest BCUT2D eigenvalue weighted by Crippen LogP contribution is 2.25. The van der Waals surface area contributed by atoms with Crippen LogP contribution in [0.15, 0.2) is 18.2 Å². The Morgan fingerprint density at radius 1 is 1.44 bits per heavy atom. The molecule has 0 aliphatic carbocycles. The van der Waals surface area contributed by atoms with Crippen LogP contribution >= 0.6 is 0 Å². The van der Waals surface area contributed by atoms with E-state index in [9.17, 15) is 0 Å². The van der Waals surface area contributed by atoms with Crippen molar-refractivity contribution in [3.63, 3.8) is 0 Å². The molecule has 1 heterocycles. The van der Waals surface area contributed by atoms with Gasteiger partial charge in [0.15, 0.2) is 0 Å². The van der Waals surface area contributed by atoms with Crippen LogP contribution in [0.2, 0.25) is 0 Å². The lowest BCUT2D eigenvalue weighted by atomic mass is 10.1. The van der Waals surface area contributed by atoms with E-state index in [0.717, 1.165) is 37.7 Å². The van der Waals surface area contributed by atoms with Crippen molar-refractivity contribution in [3.05, 3.63) is 23.8 Å². The van der Waals surface area contributed by atoms with Gasteiger partial charge in [-0.05, 0) is 19.9 Å². The van der Waals surface area contributed by atoms with Crippen LogP contribution < -0.4 is 10.5 Å². The molecule has 4 nitrogen and oxygen atoms in total. The first-order valence-corrected chi connectivity index (χ1v) is 6.29. The first kappa shape index (κ1) is 13.2. The van der Waals surface area contributed by atoms with E-state index >= 15 is 0 Å². The summed E-state index contributed by atoms with van der Waals surface area (Å²) in [5.41, 5.74) is 7.60. The van der Waals surface area contributed by atoms with Crippen molar-refractivity contribution in [1.29, 1.82) is 0 Å². The highest BCUT2D eigenvalue weighted by atomic mass is 16.5. The number of nitrogens with zero attached hydrogens (tertiary/aromatic N) is 1. The van der Waals surface area contributed by atoms with E-state index in [1.165, 1.54) is 5.56 Å². The Morgan fingerprint density at radius 2 is 2.22 bits per heavy atom. The molecule has 1 saturated heterocycles. The van der Waals surface area contributed by atoms with E-state index in [4.69, 9.17) is 15.2 Å². The molecule has 0 atom stereocenters. The zero-order chi connectivity index (χ0) is 13.2. The van der Waals surface area contributed by atoms with E-state index < -0.39 is 0 Å². The number of rotatable bonds is 3. The lowest BCUT2D eigenvalue weighted by molar-refractivity contribution is -0.0883. The number of nitrogen functional groups attached to an aromatic ring is 1. The van der Waals surface area contributed by atoms with Gasteiger partial charge in [-0.25, -0.2) is 0 Å². The SMILES string of the molecule is COc1cc(N)ccc1CN1CCOC(C)(C)C1. The van der Waals surface area contributed by atoms with Crippen LogP contribution in [-0.2, 0) is 11.3 Å². The fourth-order valence-electron chi connectivity index (χ4n) is 2.38. The Morgan fingerprint density at radius 3 is 2.89 bits per heavy atom. The standard InChI is InChI=1S/C14H22N2O2/c1-14(2)10-16(6-7-18-14)9-11-4-5-12(15)8-13(11)17-3/h4-5,8H,6-7,9-10,15H2,1-3H3. The second kappa shape index (κ2) is 5.16. The monoisotopic (exact) mass is 250 g/mol. The van der Waals surface area contributed by atoms with E-state index in [2.05, 4.69) is 18.7 Å². The largest absolute Gasteiger partial charge is 0.496 e. The van der Waals surface area contributed by atoms with Crippen LogP contribution in [0.4, 0.5) is 5.69 Å². The summed E-state index contributed by atoms with van der Waals surface area (Å²) in [7, 11) is 1.68. The van der Waals surface area contributed by atoms with Gasteiger partial charge >= 0.3 is 0 Å². The Bertz CT molecular complexity index is 418. The van der Waals surface area contributed by atoms with Gasteiger partial charge in [-0.1, -0.05) is 6.07 Å². The van der Waals surface area contributed by atoms with E-state index in [1.54, 1.807) is 7.11 Å². The zero-order valence-corrected chi connectivity index (χ0v) is 11.4. The van der Waals surface area contributed by atoms with Crippen molar-refractivity contribution in [3.8, 4) is 5.75 Å². The fraction of sp³-hybridized carbons (Fsp3) is 0.571. The van der Waals surface area contributed by atoms with Gasteiger partial charge < -0.3 is 15.2 Å². The minimum Gasteiger partial charge on any atom is -0.496 e. The maximum atomic E-state index is 5.77. The van der Waals surface area contributed by atoms with Gasteiger partial charge in [0, 0.05) is 37.0 Å². The predicted molar refractivity (Wildman–Crippen MR) is 72.7 cm³/mol. The Kier molecular flexibility index (Phi) is 3.78. The minimum absolute atomic E-state index is 0.0701. The summed E-state index contributed by atoms with van der Waals surface area (Å²) in [4.78, 5) is 2.39. The second-order valence-electron chi connectivity index (χ2n) is 5.39.